The van der Waals surface area contributed by atoms with Crippen LogP contribution in [-0.4, -0.2) is 40.8 Å². The quantitative estimate of drug-likeness (QED) is 0.495. The van der Waals surface area contributed by atoms with Gasteiger partial charge in [0.2, 0.25) is 18.0 Å². The number of amides is 1. The van der Waals surface area contributed by atoms with Crippen LogP contribution in [0.3, 0.4) is 0 Å². The minimum atomic E-state index is -0.876. The van der Waals surface area contributed by atoms with E-state index < -0.39 is 29.9 Å². The molecule has 2 bridgehead atoms. The van der Waals surface area contributed by atoms with Crippen molar-refractivity contribution in [3.8, 4) is 0 Å². The van der Waals surface area contributed by atoms with Crippen LogP contribution in [0.5, 0.6) is 0 Å². The molecule has 5 aliphatic rings. The zero-order chi connectivity index (χ0) is 23.9. The van der Waals surface area contributed by atoms with Gasteiger partial charge >= 0.3 is 5.97 Å². The van der Waals surface area contributed by atoms with Gasteiger partial charge in [0.1, 0.15) is 0 Å². The number of pyridine rings is 1. The van der Waals surface area contributed by atoms with E-state index in [0.717, 1.165) is 31.2 Å². The third kappa shape index (κ3) is 4.23. The van der Waals surface area contributed by atoms with Gasteiger partial charge < -0.3 is 19.5 Å². The Kier molecular flexibility index (Phi) is 6.39. The van der Waals surface area contributed by atoms with Gasteiger partial charge in [0.25, 0.3) is 0 Å². The van der Waals surface area contributed by atoms with Crippen LogP contribution in [-0.2, 0) is 40.1 Å². The van der Waals surface area contributed by atoms with E-state index in [1.165, 1.54) is 0 Å². The average Bonchev–Trinajstić information content (AvgIpc) is 3.06. The van der Waals surface area contributed by atoms with Crippen molar-refractivity contribution in [3.63, 3.8) is 0 Å². The van der Waals surface area contributed by atoms with Crippen molar-refractivity contribution in [3.05, 3.63) is 30.1 Å². The number of ether oxygens (including phenoxy) is 3. The maximum atomic E-state index is 12.6. The molecule has 1 aromatic rings. The largest absolute Gasteiger partial charge is 0.435 e. The number of hydrogen-bond acceptors (Lipinski definition) is 8. The van der Waals surface area contributed by atoms with E-state index in [9.17, 15) is 9.59 Å². The van der Waals surface area contributed by atoms with Crippen LogP contribution in [0, 0.1) is 23.7 Å². The molecule has 6 rings (SSSR count). The Balaban J connectivity index is 1.20. The normalized spacial score (nSPS) is 40.7. The maximum Gasteiger partial charge on any atom is 0.308 e. The van der Waals surface area contributed by atoms with Crippen molar-refractivity contribution in [1.29, 1.82) is 0 Å². The van der Waals surface area contributed by atoms with Crippen molar-refractivity contribution < 1.29 is 33.6 Å². The van der Waals surface area contributed by atoms with E-state index in [2.05, 4.69) is 17.2 Å². The summed E-state index contributed by atoms with van der Waals surface area (Å²) in [7, 11) is 0. The molecule has 186 valence electrons. The molecule has 1 amide bonds. The summed E-state index contributed by atoms with van der Waals surface area (Å²) < 4.78 is 18.3. The first-order valence-corrected chi connectivity index (χ1v) is 12.4. The second-order valence-corrected chi connectivity index (χ2v) is 10.4. The number of hydrogen-bond donors (Lipinski definition) is 1. The molecule has 1 N–H and O–H groups in total. The predicted octanol–water partition coefficient (Wildman–Crippen LogP) is 3.23. The number of carbonyl (C=O) groups excluding carboxylic acids is 2. The molecule has 1 aliphatic carbocycles. The first-order chi connectivity index (χ1) is 16.3. The summed E-state index contributed by atoms with van der Waals surface area (Å²) in [4.78, 5) is 40.7. The summed E-state index contributed by atoms with van der Waals surface area (Å²) in [6, 6.07) is 3.69. The van der Waals surface area contributed by atoms with Gasteiger partial charge in [-0.05, 0) is 49.7 Å². The van der Waals surface area contributed by atoms with Crippen molar-refractivity contribution in [1.82, 2.24) is 10.3 Å². The van der Waals surface area contributed by atoms with Crippen molar-refractivity contribution in [2.45, 2.75) is 89.8 Å². The van der Waals surface area contributed by atoms with Crippen LogP contribution in [0.1, 0.15) is 64.9 Å². The molecule has 9 heteroatoms. The Morgan fingerprint density at radius 1 is 1.18 bits per heavy atom. The van der Waals surface area contributed by atoms with Gasteiger partial charge in [-0.3, -0.25) is 14.6 Å². The highest BCUT2D eigenvalue weighted by atomic mass is 17.3. The summed E-state index contributed by atoms with van der Waals surface area (Å²) in [5, 5.41) is 2.80. The predicted molar refractivity (Wildman–Crippen MR) is 118 cm³/mol. The molecule has 4 aliphatic heterocycles. The van der Waals surface area contributed by atoms with Crippen LogP contribution in [0.15, 0.2) is 24.5 Å². The zero-order valence-electron chi connectivity index (χ0n) is 20.0. The van der Waals surface area contributed by atoms with Crippen LogP contribution < -0.4 is 5.32 Å². The lowest BCUT2D eigenvalue weighted by atomic mass is 9.58. The molecule has 4 saturated heterocycles. The van der Waals surface area contributed by atoms with E-state index in [4.69, 9.17) is 24.0 Å². The lowest BCUT2D eigenvalue weighted by molar-refractivity contribution is -0.576. The van der Waals surface area contributed by atoms with Gasteiger partial charge in [-0.25, -0.2) is 9.78 Å². The Bertz CT molecular complexity index is 914. The topological polar surface area (TPSA) is 105 Å². The molecular weight excluding hydrogens is 440 g/mol. The van der Waals surface area contributed by atoms with E-state index in [-0.39, 0.29) is 36.5 Å². The molecule has 5 fully saturated rings. The number of carbonyl (C=O) groups is 2. The van der Waals surface area contributed by atoms with Crippen molar-refractivity contribution in [2.75, 3.05) is 0 Å². The fourth-order valence-corrected chi connectivity index (χ4v) is 6.20. The zero-order valence-corrected chi connectivity index (χ0v) is 20.0. The second-order valence-electron chi connectivity index (χ2n) is 10.4. The number of fused-ring (bicyclic) bond motifs is 2. The van der Waals surface area contributed by atoms with Gasteiger partial charge in [0, 0.05) is 43.6 Å². The highest BCUT2D eigenvalue weighted by molar-refractivity contribution is 5.81. The third-order valence-electron chi connectivity index (χ3n) is 8.11. The second kappa shape index (κ2) is 9.18. The Labute approximate surface area is 199 Å². The summed E-state index contributed by atoms with van der Waals surface area (Å²) in [6.07, 6.45) is 5.64. The smallest absolute Gasteiger partial charge is 0.308 e. The molecule has 34 heavy (non-hydrogen) atoms. The Morgan fingerprint density at radius 2 is 2.03 bits per heavy atom. The molecule has 8 atom stereocenters. The van der Waals surface area contributed by atoms with Gasteiger partial charge in [-0.15, -0.1) is 0 Å². The number of nitrogens with one attached hydrogen (secondary N) is 1. The lowest BCUT2D eigenvalue weighted by Crippen LogP contribution is -2.70. The number of aromatic nitrogens is 1. The standard InChI is InChI=1S/C25H34N2O7/c1-15-6-7-19-16(2)22(31-23-25(19)18(15)10-11-24(3,32-23)33-34-25)30-21(29)9-8-20(28)27-14-17-5-4-12-26-13-17/h4-5,12-13,15-16,18-19,22-23H,6-11,14H2,1-3H3,(H,27,28)/t15-,16-,18-,19-,22-,23-,24-,25-/m1/s1. The minimum absolute atomic E-state index is 0.0240. The highest BCUT2D eigenvalue weighted by Gasteiger charge is 2.69. The maximum absolute atomic E-state index is 12.6. The highest BCUT2D eigenvalue weighted by Crippen LogP contribution is 2.60. The van der Waals surface area contributed by atoms with Crippen LogP contribution in [0.2, 0.25) is 0 Å². The lowest BCUT2D eigenvalue weighted by Gasteiger charge is -2.59. The van der Waals surface area contributed by atoms with E-state index in [0.29, 0.717) is 12.5 Å². The molecule has 0 unspecified atom stereocenters. The van der Waals surface area contributed by atoms with Gasteiger partial charge in [0.05, 0.1) is 6.42 Å². The first-order valence-electron chi connectivity index (χ1n) is 12.4. The Morgan fingerprint density at radius 3 is 2.82 bits per heavy atom. The van der Waals surface area contributed by atoms with Crippen LogP contribution >= 0.6 is 0 Å². The molecule has 0 radical (unpaired) electrons. The summed E-state index contributed by atoms with van der Waals surface area (Å²) in [5.41, 5.74) is 0.205. The molecule has 9 nitrogen and oxygen atoms in total. The molecule has 5 heterocycles. The monoisotopic (exact) mass is 474 g/mol. The van der Waals surface area contributed by atoms with Gasteiger partial charge in [-0.1, -0.05) is 19.9 Å². The van der Waals surface area contributed by atoms with E-state index in [1.807, 2.05) is 26.0 Å². The molecule has 1 spiro atoms. The molecular formula is C25H34N2O7. The molecule has 0 aromatic carbocycles. The van der Waals surface area contributed by atoms with Crippen LogP contribution in [0.25, 0.3) is 0 Å². The Hall–Kier alpha value is -2.07. The SMILES string of the molecule is C[C@H]1[C@H](OC(=O)CCC(=O)NCc2cccnc2)O[C@@H]2O[C@@]3(C)CC[C@@H]4[C@H](C)CC[C@H]1[C@@]24OO3. The van der Waals surface area contributed by atoms with E-state index >= 15 is 0 Å². The molecule has 1 saturated carbocycles. The number of nitrogens with zero attached hydrogens (tertiary/aromatic N) is 1. The fraction of sp³-hybridized carbons (Fsp3) is 0.720. The van der Waals surface area contributed by atoms with Gasteiger partial charge in [-0.2, -0.15) is 0 Å². The minimum Gasteiger partial charge on any atom is -0.435 e. The van der Waals surface area contributed by atoms with Crippen molar-refractivity contribution in [2.24, 2.45) is 23.7 Å². The first kappa shape index (κ1) is 23.7. The van der Waals surface area contributed by atoms with Gasteiger partial charge in [0.15, 0.2) is 11.9 Å². The number of esters is 1. The number of rotatable bonds is 6. The summed E-state index contributed by atoms with van der Waals surface area (Å²) >= 11 is 0. The third-order valence-corrected chi connectivity index (χ3v) is 8.11. The summed E-state index contributed by atoms with van der Waals surface area (Å²) in [5.74, 6) is -0.856. The fourth-order valence-electron chi connectivity index (χ4n) is 6.20. The van der Waals surface area contributed by atoms with Crippen LogP contribution in [0.4, 0.5) is 0 Å². The summed E-state index contributed by atoms with van der Waals surface area (Å²) in [6.45, 7) is 6.52. The average molecular weight is 475 g/mol. The van der Waals surface area contributed by atoms with E-state index in [1.54, 1.807) is 12.4 Å². The molecule has 1 aromatic heterocycles. The van der Waals surface area contributed by atoms with Crippen molar-refractivity contribution >= 4 is 11.9 Å².